The summed E-state index contributed by atoms with van der Waals surface area (Å²) in [5.74, 6) is 2.18. The molecule has 0 spiro atoms. The smallest absolute Gasteiger partial charge is 0.202 e. The SMILES string of the molecule is CNCC1CCN(Cc2cc(-c3ccco3)on2)C1. The monoisotopic (exact) mass is 261 g/mol. The van der Waals surface area contributed by atoms with Gasteiger partial charge < -0.3 is 14.3 Å². The van der Waals surface area contributed by atoms with Crippen LogP contribution >= 0.6 is 0 Å². The van der Waals surface area contributed by atoms with Crippen molar-refractivity contribution in [3.8, 4) is 11.5 Å². The van der Waals surface area contributed by atoms with E-state index >= 15 is 0 Å². The van der Waals surface area contributed by atoms with Gasteiger partial charge in [0.1, 0.15) is 0 Å². The summed E-state index contributed by atoms with van der Waals surface area (Å²) in [4.78, 5) is 2.42. The third kappa shape index (κ3) is 2.88. The second-order valence-corrected chi connectivity index (χ2v) is 5.11. The molecule has 0 aliphatic carbocycles. The highest BCUT2D eigenvalue weighted by Gasteiger charge is 2.22. The maximum absolute atomic E-state index is 5.31. The van der Waals surface area contributed by atoms with Crippen LogP contribution in [0.15, 0.2) is 33.4 Å². The molecule has 0 amide bonds. The predicted octanol–water partition coefficient (Wildman–Crippen LogP) is 1.98. The van der Waals surface area contributed by atoms with Gasteiger partial charge in [0, 0.05) is 19.2 Å². The molecule has 19 heavy (non-hydrogen) atoms. The first kappa shape index (κ1) is 12.4. The van der Waals surface area contributed by atoms with Crippen molar-refractivity contribution in [2.24, 2.45) is 5.92 Å². The summed E-state index contributed by atoms with van der Waals surface area (Å²) in [5, 5.41) is 7.36. The molecule has 5 nitrogen and oxygen atoms in total. The fourth-order valence-corrected chi connectivity index (χ4v) is 2.66. The van der Waals surface area contributed by atoms with Gasteiger partial charge in [0.2, 0.25) is 5.76 Å². The summed E-state index contributed by atoms with van der Waals surface area (Å²) in [7, 11) is 2.01. The van der Waals surface area contributed by atoms with Crippen molar-refractivity contribution in [2.45, 2.75) is 13.0 Å². The van der Waals surface area contributed by atoms with E-state index < -0.39 is 0 Å². The zero-order valence-corrected chi connectivity index (χ0v) is 11.1. The van der Waals surface area contributed by atoms with E-state index in [1.807, 2.05) is 25.2 Å². The van der Waals surface area contributed by atoms with Crippen molar-refractivity contribution in [3.05, 3.63) is 30.2 Å². The Labute approximate surface area is 112 Å². The van der Waals surface area contributed by atoms with Crippen LogP contribution in [0.4, 0.5) is 0 Å². The van der Waals surface area contributed by atoms with E-state index in [1.165, 1.54) is 6.42 Å². The van der Waals surface area contributed by atoms with Gasteiger partial charge in [0.25, 0.3) is 0 Å². The minimum Gasteiger partial charge on any atom is -0.461 e. The molecule has 0 saturated carbocycles. The zero-order chi connectivity index (χ0) is 13.1. The minimum atomic E-state index is 0.700. The molecule has 1 N–H and O–H groups in total. The lowest BCUT2D eigenvalue weighted by molar-refractivity contribution is 0.301. The highest BCUT2D eigenvalue weighted by molar-refractivity contribution is 5.49. The quantitative estimate of drug-likeness (QED) is 0.892. The van der Waals surface area contributed by atoms with Gasteiger partial charge in [0.05, 0.1) is 12.0 Å². The van der Waals surface area contributed by atoms with Crippen LogP contribution in [-0.2, 0) is 6.54 Å². The summed E-state index contributed by atoms with van der Waals surface area (Å²) in [6.45, 7) is 4.20. The Kier molecular flexibility index (Phi) is 3.66. The largest absolute Gasteiger partial charge is 0.461 e. The Morgan fingerprint density at radius 2 is 2.42 bits per heavy atom. The van der Waals surface area contributed by atoms with Crippen LogP contribution in [0.1, 0.15) is 12.1 Å². The Balaban J connectivity index is 1.59. The van der Waals surface area contributed by atoms with E-state index in [0.29, 0.717) is 5.76 Å². The maximum Gasteiger partial charge on any atom is 0.202 e. The second kappa shape index (κ2) is 5.59. The molecule has 5 heteroatoms. The Morgan fingerprint density at radius 3 is 3.21 bits per heavy atom. The zero-order valence-electron chi connectivity index (χ0n) is 11.1. The molecule has 1 atom stereocenters. The molecular formula is C14H19N3O2. The van der Waals surface area contributed by atoms with Gasteiger partial charge >= 0.3 is 0 Å². The number of nitrogens with zero attached hydrogens (tertiary/aromatic N) is 2. The van der Waals surface area contributed by atoms with E-state index in [9.17, 15) is 0 Å². The molecule has 3 rings (SSSR count). The third-order valence-corrected chi connectivity index (χ3v) is 3.57. The lowest BCUT2D eigenvalue weighted by Gasteiger charge is -2.13. The van der Waals surface area contributed by atoms with Crippen molar-refractivity contribution in [1.82, 2.24) is 15.4 Å². The van der Waals surface area contributed by atoms with E-state index in [1.54, 1.807) is 6.26 Å². The molecule has 0 bridgehead atoms. The molecule has 0 aromatic carbocycles. The van der Waals surface area contributed by atoms with Gasteiger partial charge in [0.15, 0.2) is 5.76 Å². The van der Waals surface area contributed by atoms with E-state index in [-0.39, 0.29) is 0 Å². The summed E-state index contributed by atoms with van der Waals surface area (Å²) in [6.07, 6.45) is 2.89. The fourth-order valence-electron chi connectivity index (χ4n) is 2.66. The van der Waals surface area contributed by atoms with E-state index in [2.05, 4.69) is 15.4 Å². The summed E-state index contributed by atoms with van der Waals surface area (Å²) in [5.41, 5.74) is 0.969. The second-order valence-electron chi connectivity index (χ2n) is 5.11. The average molecular weight is 261 g/mol. The number of hydrogen-bond donors (Lipinski definition) is 1. The van der Waals surface area contributed by atoms with Gasteiger partial charge in [-0.15, -0.1) is 0 Å². The molecule has 2 aromatic rings. The van der Waals surface area contributed by atoms with Crippen LogP contribution in [-0.4, -0.2) is 36.7 Å². The molecule has 3 heterocycles. The molecule has 2 aromatic heterocycles. The first-order chi connectivity index (χ1) is 9.35. The first-order valence-electron chi connectivity index (χ1n) is 6.71. The molecule has 1 aliphatic heterocycles. The summed E-state index contributed by atoms with van der Waals surface area (Å²) >= 11 is 0. The number of nitrogens with one attached hydrogen (secondary N) is 1. The first-order valence-corrected chi connectivity index (χ1v) is 6.71. The molecule has 102 valence electrons. The summed E-state index contributed by atoms with van der Waals surface area (Å²) in [6, 6.07) is 5.69. The molecule has 1 fully saturated rings. The number of furan rings is 1. The van der Waals surface area contributed by atoms with Gasteiger partial charge in [-0.2, -0.15) is 0 Å². The van der Waals surface area contributed by atoms with Crippen molar-refractivity contribution in [2.75, 3.05) is 26.7 Å². The molecule has 0 radical (unpaired) electrons. The highest BCUT2D eigenvalue weighted by atomic mass is 16.5. The van der Waals surface area contributed by atoms with Gasteiger partial charge in [-0.1, -0.05) is 5.16 Å². The van der Waals surface area contributed by atoms with Gasteiger partial charge in [-0.05, 0) is 44.6 Å². The fraction of sp³-hybridized carbons (Fsp3) is 0.500. The van der Waals surface area contributed by atoms with E-state index in [0.717, 1.165) is 43.6 Å². The number of hydrogen-bond acceptors (Lipinski definition) is 5. The van der Waals surface area contributed by atoms with Crippen LogP contribution in [0.5, 0.6) is 0 Å². The lowest BCUT2D eigenvalue weighted by Crippen LogP contribution is -2.24. The number of likely N-dealkylation sites (tertiary alicyclic amines) is 1. The van der Waals surface area contributed by atoms with Crippen LogP contribution in [0.25, 0.3) is 11.5 Å². The average Bonchev–Trinajstić information content (AvgIpc) is 3.10. The van der Waals surface area contributed by atoms with Crippen molar-refractivity contribution in [3.63, 3.8) is 0 Å². The van der Waals surface area contributed by atoms with Crippen molar-refractivity contribution in [1.29, 1.82) is 0 Å². The minimum absolute atomic E-state index is 0.700. The topological polar surface area (TPSA) is 54.4 Å². The van der Waals surface area contributed by atoms with Crippen LogP contribution in [0.3, 0.4) is 0 Å². The lowest BCUT2D eigenvalue weighted by atomic mass is 10.1. The molecule has 1 unspecified atom stereocenters. The molecule has 1 saturated heterocycles. The van der Waals surface area contributed by atoms with Crippen molar-refractivity contribution >= 4 is 0 Å². The van der Waals surface area contributed by atoms with Gasteiger partial charge in [-0.25, -0.2) is 0 Å². The predicted molar refractivity (Wildman–Crippen MR) is 71.5 cm³/mol. The Bertz CT molecular complexity index is 507. The van der Waals surface area contributed by atoms with Crippen LogP contribution in [0, 0.1) is 5.92 Å². The molecular weight excluding hydrogens is 242 g/mol. The normalized spacial score (nSPS) is 20.2. The van der Waals surface area contributed by atoms with Crippen LogP contribution < -0.4 is 5.32 Å². The number of aromatic nitrogens is 1. The summed E-state index contributed by atoms with van der Waals surface area (Å²) < 4.78 is 10.6. The van der Waals surface area contributed by atoms with Gasteiger partial charge in [-0.3, -0.25) is 4.90 Å². The third-order valence-electron chi connectivity index (χ3n) is 3.57. The Morgan fingerprint density at radius 1 is 1.47 bits per heavy atom. The van der Waals surface area contributed by atoms with E-state index in [4.69, 9.17) is 8.94 Å². The van der Waals surface area contributed by atoms with Crippen molar-refractivity contribution < 1.29 is 8.94 Å². The maximum atomic E-state index is 5.31. The number of rotatable bonds is 5. The Hall–Kier alpha value is -1.59. The highest BCUT2D eigenvalue weighted by Crippen LogP contribution is 2.23. The standard InChI is InChI=1S/C14H19N3O2/c1-15-8-11-4-5-17(9-11)10-12-7-14(19-16-12)13-3-2-6-18-13/h2-3,6-7,11,15H,4-5,8-10H2,1H3. The van der Waals surface area contributed by atoms with Crippen LogP contribution in [0.2, 0.25) is 0 Å². The molecule has 1 aliphatic rings.